The minimum Gasteiger partial charge on any atom is -0.480 e. The van der Waals surface area contributed by atoms with E-state index in [-0.39, 0.29) is 12.8 Å². The molecule has 0 fully saturated rings. The summed E-state index contributed by atoms with van der Waals surface area (Å²) in [6, 6.07) is -1.67. The zero-order chi connectivity index (χ0) is 16.5. The molecule has 0 bridgehead atoms. The summed E-state index contributed by atoms with van der Waals surface area (Å²) < 4.78 is 5.09. The predicted octanol–water partition coefficient (Wildman–Crippen LogP) is 1.22. The van der Waals surface area contributed by atoms with Crippen LogP contribution in [0.2, 0.25) is 0 Å². The lowest BCUT2D eigenvalue weighted by Crippen LogP contribution is -2.46. The molecule has 0 aliphatic heterocycles. The normalized spacial score (nSPS) is 12.4. The fraction of sp³-hybridized carbons (Fsp3) is 0.769. The van der Waals surface area contributed by atoms with E-state index in [1.165, 1.54) is 0 Å². The predicted molar refractivity (Wildman–Crippen MR) is 81.4 cm³/mol. The molecular weight excluding hydrogens is 296 g/mol. The molecule has 7 nitrogen and oxygen atoms in total. The lowest BCUT2D eigenvalue weighted by molar-refractivity contribution is -0.155. The Bertz CT molecular complexity index is 368. The van der Waals surface area contributed by atoms with Crippen LogP contribution < -0.4 is 10.6 Å². The lowest BCUT2D eigenvalue weighted by atomic mass is 10.1. The van der Waals surface area contributed by atoms with Gasteiger partial charge in [-0.05, 0) is 33.4 Å². The first kappa shape index (κ1) is 19.6. The molecule has 0 spiro atoms. The van der Waals surface area contributed by atoms with Gasteiger partial charge in [0.1, 0.15) is 11.6 Å². The number of hydrogen-bond donors (Lipinski definition) is 3. The molecule has 1 atom stereocenters. The van der Waals surface area contributed by atoms with E-state index in [4.69, 9.17) is 9.84 Å². The SMILES string of the molecule is CSCCNC(=O)N[C@H](CCC(=O)OC(C)(C)C)C(=O)O. The Kier molecular flexibility index (Phi) is 8.84. The van der Waals surface area contributed by atoms with E-state index in [9.17, 15) is 14.4 Å². The van der Waals surface area contributed by atoms with Gasteiger partial charge in [-0.3, -0.25) is 4.79 Å². The monoisotopic (exact) mass is 320 g/mol. The molecule has 8 heteroatoms. The smallest absolute Gasteiger partial charge is 0.326 e. The van der Waals surface area contributed by atoms with Gasteiger partial charge in [0, 0.05) is 18.7 Å². The summed E-state index contributed by atoms with van der Waals surface area (Å²) in [5, 5.41) is 13.9. The molecule has 122 valence electrons. The van der Waals surface area contributed by atoms with Crippen molar-refractivity contribution in [2.45, 2.75) is 45.3 Å². The van der Waals surface area contributed by atoms with Gasteiger partial charge in [-0.25, -0.2) is 9.59 Å². The van der Waals surface area contributed by atoms with Gasteiger partial charge in [0.15, 0.2) is 0 Å². The maximum absolute atomic E-state index is 11.5. The Morgan fingerprint density at radius 3 is 2.38 bits per heavy atom. The minimum atomic E-state index is -1.18. The second-order valence-electron chi connectivity index (χ2n) is 5.41. The summed E-state index contributed by atoms with van der Waals surface area (Å²) in [5.41, 5.74) is -0.613. The molecule has 2 amide bonds. The molecule has 0 aliphatic carbocycles. The van der Waals surface area contributed by atoms with Crippen LogP contribution in [0.15, 0.2) is 0 Å². The number of amides is 2. The van der Waals surface area contributed by atoms with Gasteiger partial charge in [0.25, 0.3) is 0 Å². The van der Waals surface area contributed by atoms with E-state index >= 15 is 0 Å². The number of carbonyl (C=O) groups excluding carboxylic acids is 2. The third-order valence-corrected chi connectivity index (χ3v) is 2.86. The summed E-state index contributed by atoms with van der Waals surface area (Å²) in [6.45, 7) is 5.65. The van der Waals surface area contributed by atoms with E-state index in [1.54, 1.807) is 32.5 Å². The van der Waals surface area contributed by atoms with Crippen molar-refractivity contribution >= 4 is 29.7 Å². The minimum absolute atomic E-state index is 0.0137. The number of carboxylic acids is 1. The Hall–Kier alpha value is -1.44. The Morgan fingerprint density at radius 1 is 1.29 bits per heavy atom. The van der Waals surface area contributed by atoms with Crippen molar-refractivity contribution in [3.8, 4) is 0 Å². The molecule has 0 aromatic rings. The molecule has 0 aromatic heterocycles. The lowest BCUT2D eigenvalue weighted by Gasteiger charge is -2.20. The molecule has 21 heavy (non-hydrogen) atoms. The van der Waals surface area contributed by atoms with Crippen LogP contribution in [0.3, 0.4) is 0 Å². The number of hydrogen-bond acceptors (Lipinski definition) is 5. The standard InChI is InChI=1S/C13H24N2O5S/c1-13(2,3)20-10(16)6-5-9(11(17)18)15-12(19)14-7-8-21-4/h9H,5-8H2,1-4H3,(H,17,18)(H2,14,15,19)/t9-/m1/s1. The van der Waals surface area contributed by atoms with E-state index in [0.29, 0.717) is 6.54 Å². The first-order valence-electron chi connectivity index (χ1n) is 6.63. The Labute approximate surface area is 129 Å². The Morgan fingerprint density at radius 2 is 1.90 bits per heavy atom. The maximum Gasteiger partial charge on any atom is 0.326 e. The topological polar surface area (TPSA) is 105 Å². The van der Waals surface area contributed by atoms with E-state index in [0.717, 1.165) is 5.75 Å². The third kappa shape index (κ3) is 10.9. The average molecular weight is 320 g/mol. The van der Waals surface area contributed by atoms with Crippen molar-refractivity contribution in [3.63, 3.8) is 0 Å². The van der Waals surface area contributed by atoms with Crippen molar-refractivity contribution in [2.75, 3.05) is 18.6 Å². The first-order chi connectivity index (χ1) is 9.65. The number of urea groups is 1. The molecule has 0 heterocycles. The third-order valence-electron chi connectivity index (χ3n) is 2.25. The second-order valence-corrected chi connectivity index (χ2v) is 6.39. The first-order valence-corrected chi connectivity index (χ1v) is 8.03. The van der Waals surface area contributed by atoms with Crippen LogP contribution in [0.25, 0.3) is 0 Å². The average Bonchev–Trinajstić information content (AvgIpc) is 2.32. The van der Waals surface area contributed by atoms with Crippen LogP contribution in [-0.4, -0.2) is 53.3 Å². The van der Waals surface area contributed by atoms with Crippen molar-refractivity contribution in [1.82, 2.24) is 10.6 Å². The van der Waals surface area contributed by atoms with Crippen LogP contribution >= 0.6 is 11.8 Å². The number of esters is 1. The zero-order valence-corrected chi connectivity index (χ0v) is 13.7. The summed E-state index contributed by atoms with van der Waals surface area (Å²) in [7, 11) is 0. The fourth-order valence-electron chi connectivity index (χ4n) is 1.39. The molecule has 0 rings (SSSR count). The van der Waals surface area contributed by atoms with Crippen molar-refractivity contribution in [1.29, 1.82) is 0 Å². The highest BCUT2D eigenvalue weighted by Gasteiger charge is 2.23. The van der Waals surface area contributed by atoms with Gasteiger partial charge in [0.2, 0.25) is 0 Å². The highest BCUT2D eigenvalue weighted by atomic mass is 32.2. The zero-order valence-electron chi connectivity index (χ0n) is 12.9. The van der Waals surface area contributed by atoms with Crippen LogP contribution in [0.4, 0.5) is 4.79 Å². The van der Waals surface area contributed by atoms with Gasteiger partial charge >= 0.3 is 18.0 Å². The molecule has 0 saturated heterocycles. The summed E-state index contributed by atoms with van der Waals surface area (Å²) in [6.07, 6.45) is 1.82. The maximum atomic E-state index is 11.5. The summed E-state index contributed by atoms with van der Waals surface area (Å²) in [5.74, 6) is -0.930. The number of carboxylic acid groups (broad SMARTS) is 1. The number of thioether (sulfide) groups is 1. The van der Waals surface area contributed by atoms with E-state index in [2.05, 4.69) is 10.6 Å². The largest absolute Gasteiger partial charge is 0.480 e. The molecular formula is C13H24N2O5S. The Balaban J connectivity index is 4.22. The number of nitrogens with one attached hydrogen (secondary N) is 2. The summed E-state index contributed by atoms with van der Waals surface area (Å²) in [4.78, 5) is 34.1. The molecule has 0 radical (unpaired) electrons. The van der Waals surface area contributed by atoms with E-state index in [1.807, 2.05) is 6.26 Å². The number of ether oxygens (including phenoxy) is 1. The van der Waals surface area contributed by atoms with Crippen molar-refractivity contribution in [2.24, 2.45) is 0 Å². The number of rotatable bonds is 8. The molecule has 0 aromatic carbocycles. The fourth-order valence-corrected chi connectivity index (χ4v) is 1.69. The number of aliphatic carboxylic acids is 1. The molecule has 0 unspecified atom stereocenters. The van der Waals surface area contributed by atoms with Crippen LogP contribution in [0.5, 0.6) is 0 Å². The molecule has 0 aliphatic rings. The molecule has 3 N–H and O–H groups in total. The highest BCUT2D eigenvalue weighted by molar-refractivity contribution is 7.98. The van der Waals surface area contributed by atoms with Gasteiger partial charge < -0.3 is 20.5 Å². The van der Waals surface area contributed by atoms with Crippen molar-refractivity contribution < 1.29 is 24.2 Å². The highest BCUT2D eigenvalue weighted by Crippen LogP contribution is 2.10. The van der Waals surface area contributed by atoms with Gasteiger partial charge in [0.05, 0.1) is 0 Å². The van der Waals surface area contributed by atoms with Gasteiger partial charge in [-0.1, -0.05) is 0 Å². The second kappa shape index (κ2) is 9.49. The van der Waals surface area contributed by atoms with Crippen LogP contribution in [0, 0.1) is 0 Å². The van der Waals surface area contributed by atoms with E-state index < -0.39 is 29.6 Å². The number of carbonyl (C=O) groups is 3. The summed E-state index contributed by atoms with van der Waals surface area (Å²) >= 11 is 1.57. The quantitative estimate of drug-likeness (QED) is 0.459. The van der Waals surface area contributed by atoms with Gasteiger partial charge in [-0.2, -0.15) is 11.8 Å². The van der Waals surface area contributed by atoms with Gasteiger partial charge in [-0.15, -0.1) is 0 Å². The van der Waals surface area contributed by atoms with Crippen molar-refractivity contribution in [3.05, 3.63) is 0 Å². The van der Waals surface area contributed by atoms with Crippen LogP contribution in [-0.2, 0) is 14.3 Å². The molecule has 0 saturated carbocycles. The van der Waals surface area contributed by atoms with Crippen LogP contribution in [0.1, 0.15) is 33.6 Å².